The number of pyridine rings is 1. The molecule has 0 unspecified atom stereocenters. The van der Waals surface area contributed by atoms with Gasteiger partial charge in [0.2, 0.25) is 15.9 Å². The number of amides is 1. The van der Waals surface area contributed by atoms with Gasteiger partial charge in [0, 0.05) is 48.0 Å². The van der Waals surface area contributed by atoms with Crippen molar-refractivity contribution < 1.29 is 30.8 Å². The van der Waals surface area contributed by atoms with Crippen LogP contribution in [0, 0.1) is 30.2 Å². The molecule has 3 heterocycles. The minimum Gasteiger partial charge on any atom is -0.307 e. The summed E-state index contributed by atoms with van der Waals surface area (Å²) in [5, 5.41) is 4.81. The number of carbonyl (C=O) groups excluding carboxylic acids is 1. The van der Waals surface area contributed by atoms with Crippen LogP contribution in [0.3, 0.4) is 0 Å². The molecule has 14 heteroatoms. The summed E-state index contributed by atoms with van der Waals surface area (Å²) in [6.07, 6.45) is 8.64. The zero-order chi connectivity index (χ0) is 32.9. The maximum atomic E-state index is 14.8. The van der Waals surface area contributed by atoms with Gasteiger partial charge in [-0.15, -0.1) is 0 Å². The average molecular weight is 658 g/mol. The Morgan fingerprint density at radius 1 is 0.957 bits per heavy atom. The van der Waals surface area contributed by atoms with E-state index in [0.717, 1.165) is 43.0 Å². The van der Waals surface area contributed by atoms with Crippen molar-refractivity contribution in [3.05, 3.63) is 93.2 Å². The molecule has 6 rings (SSSR count). The summed E-state index contributed by atoms with van der Waals surface area (Å²) in [4.78, 5) is 30.9. The number of benzene rings is 2. The van der Waals surface area contributed by atoms with Crippen LogP contribution >= 0.6 is 0 Å². The fourth-order valence-electron chi connectivity index (χ4n) is 6.19. The van der Waals surface area contributed by atoms with Crippen LogP contribution in [-0.4, -0.2) is 46.0 Å². The van der Waals surface area contributed by atoms with Crippen molar-refractivity contribution >= 4 is 32.4 Å². The number of hydrogen-bond donors (Lipinski definition) is 0. The summed E-state index contributed by atoms with van der Waals surface area (Å²) in [6, 6.07) is 6.95. The first kappa shape index (κ1) is 31.8. The molecule has 1 saturated heterocycles. The summed E-state index contributed by atoms with van der Waals surface area (Å²) >= 11 is 0. The zero-order valence-corrected chi connectivity index (χ0v) is 26.0. The SMILES string of the molecule is Cc1c(F)c(F)c(S(=O)(=O)N2CC[C@@H]2C(=O)N(Cc2ccc(C3CCCCC3)nc2)c2ccc3c(=O)n(C)ncc3c2)c(F)c1F. The Hall–Kier alpha value is -4.17. The van der Waals surface area contributed by atoms with Crippen molar-refractivity contribution in [3.8, 4) is 0 Å². The molecular weight excluding hydrogens is 626 g/mol. The number of aryl methyl sites for hydroxylation is 1. The molecule has 0 spiro atoms. The van der Waals surface area contributed by atoms with Gasteiger partial charge in [0.05, 0.1) is 18.1 Å². The summed E-state index contributed by atoms with van der Waals surface area (Å²) in [7, 11) is -3.68. The van der Waals surface area contributed by atoms with Gasteiger partial charge in [-0.2, -0.15) is 9.40 Å². The number of fused-ring (bicyclic) bond motifs is 1. The van der Waals surface area contributed by atoms with E-state index in [9.17, 15) is 35.6 Å². The van der Waals surface area contributed by atoms with Gasteiger partial charge in [-0.05, 0) is 56.0 Å². The minimum absolute atomic E-state index is 0.0107. The molecule has 0 N–H and O–H groups in total. The maximum Gasteiger partial charge on any atom is 0.274 e. The van der Waals surface area contributed by atoms with Crippen LogP contribution in [0.1, 0.15) is 61.3 Å². The predicted octanol–water partition coefficient (Wildman–Crippen LogP) is 5.24. The lowest BCUT2D eigenvalue weighted by atomic mass is 9.86. The number of rotatable bonds is 7. The van der Waals surface area contributed by atoms with Crippen LogP contribution in [0.2, 0.25) is 0 Å². The second-order valence-electron chi connectivity index (χ2n) is 11.8. The molecule has 1 saturated carbocycles. The average Bonchev–Trinajstić information content (AvgIpc) is 3.03. The van der Waals surface area contributed by atoms with Gasteiger partial charge in [-0.3, -0.25) is 14.6 Å². The highest BCUT2D eigenvalue weighted by Crippen LogP contribution is 2.36. The quantitative estimate of drug-likeness (QED) is 0.199. The summed E-state index contributed by atoms with van der Waals surface area (Å²) in [5.74, 6) is -8.17. The van der Waals surface area contributed by atoms with Crippen molar-refractivity contribution in [1.29, 1.82) is 0 Å². The van der Waals surface area contributed by atoms with Crippen molar-refractivity contribution in [2.45, 2.75) is 68.8 Å². The number of hydrogen-bond acceptors (Lipinski definition) is 6. The lowest BCUT2D eigenvalue weighted by Crippen LogP contribution is -2.59. The predicted molar refractivity (Wildman–Crippen MR) is 162 cm³/mol. The Kier molecular flexibility index (Phi) is 8.44. The molecule has 242 valence electrons. The minimum atomic E-state index is -5.18. The molecule has 0 bridgehead atoms. The van der Waals surface area contributed by atoms with Crippen molar-refractivity contribution in [2.24, 2.45) is 7.05 Å². The first-order chi connectivity index (χ1) is 21.9. The molecule has 2 aromatic heterocycles. The standard InChI is InChI=1S/C32H31F4N5O4S/c1-18-26(33)28(35)30(29(36)27(18)34)46(44,45)41-13-12-25(41)32(43)40(22-9-10-23-21(14-22)16-38-39(2)31(23)42)17-19-8-11-24(37-15-19)20-6-4-3-5-7-20/h8-11,14-16,20,25H,3-7,12-13,17H2,1-2H3/t25-/m1/s1. The second kappa shape index (κ2) is 12.2. The third-order valence-corrected chi connectivity index (χ3v) is 10.9. The number of carbonyl (C=O) groups is 1. The monoisotopic (exact) mass is 657 g/mol. The Morgan fingerprint density at radius 2 is 1.65 bits per heavy atom. The van der Waals surface area contributed by atoms with Crippen molar-refractivity contribution in [1.82, 2.24) is 19.1 Å². The molecule has 1 atom stereocenters. The molecule has 2 aromatic carbocycles. The number of nitrogens with zero attached hydrogens (tertiary/aromatic N) is 5. The number of halogens is 4. The molecule has 4 aromatic rings. The van der Waals surface area contributed by atoms with E-state index in [-0.39, 0.29) is 25.1 Å². The molecule has 2 aliphatic rings. The van der Waals surface area contributed by atoms with E-state index in [1.54, 1.807) is 12.3 Å². The topological polar surface area (TPSA) is 105 Å². The van der Waals surface area contributed by atoms with Gasteiger partial charge in [-0.1, -0.05) is 25.3 Å². The lowest BCUT2D eigenvalue weighted by molar-refractivity contribution is -0.125. The number of aromatic nitrogens is 3. The van der Waals surface area contributed by atoms with Crippen molar-refractivity contribution in [2.75, 3.05) is 11.4 Å². The van der Waals surface area contributed by atoms with E-state index in [1.807, 2.05) is 12.1 Å². The molecule has 1 aliphatic carbocycles. The van der Waals surface area contributed by atoms with Gasteiger partial charge in [0.1, 0.15) is 6.04 Å². The number of anilines is 1. The van der Waals surface area contributed by atoms with Crippen LogP contribution in [0.15, 0.2) is 52.4 Å². The number of sulfonamides is 1. The Bertz CT molecular complexity index is 1990. The third-order valence-electron chi connectivity index (χ3n) is 8.98. The molecule has 0 radical (unpaired) electrons. The smallest absolute Gasteiger partial charge is 0.274 e. The van der Waals surface area contributed by atoms with Gasteiger partial charge in [-0.25, -0.2) is 30.7 Å². The second-order valence-corrected chi connectivity index (χ2v) is 13.7. The highest BCUT2D eigenvalue weighted by atomic mass is 32.2. The van der Waals surface area contributed by atoms with Gasteiger partial charge < -0.3 is 4.90 Å². The van der Waals surface area contributed by atoms with E-state index in [0.29, 0.717) is 32.2 Å². The van der Waals surface area contributed by atoms with E-state index >= 15 is 0 Å². The van der Waals surface area contributed by atoms with Gasteiger partial charge in [0.25, 0.3) is 5.56 Å². The third kappa shape index (κ3) is 5.46. The van der Waals surface area contributed by atoms with Crippen molar-refractivity contribution in [3.63, 3.8) is 0 Å². The van der Waals surface area contributed by atoms with E-state index in [4.69, 9.17) is 0 Å². The molecule has 46 heavy (non-hydrogen) atoms. The van der Waals surface area contributed by atoms with Gasteiger partial charge >= 0.3 is 0 Å². The zero-order valence-electron chi connectivity index (χ0n) is 25.1. The normalized spacial score (nSPS) is 17.7. The molecule has 1 aliphatic heterocycles. The fourth-order valence-corrected chi connectivity index (χ4v) is 7.93. The van der Waals surface area contributed by atoms with Crippen LogP contribution < -0.4 is 10.5 Å². The Labute approximate surface area is 262 Å². The van der Waals surface area contributed by atoms with E-state index in [1.165, 1.54) is 36.7 Å². The maximum absolute atomic E-state index is 14.8. The summed E-state index contributed by atoms with van der Waals surface area (Å²) < 4.78 is 86.9. The highest BCUT2D eigenvalue weighted by Gasteiger charge is 2.47. The van der Waals surface area contributed by atoms with Gasteiger partial charge in [0.15, 0.2) is 28.2 Å². The van der Waals surface area contributed by atoms with E-state index in [2.05, 4.69) is 10.1 Å². The fraction of sp³-hybridized carbons (Fsp3) is 0.375. The Morgan fingerprint density at radius 3 is 2.26 bits per heavy atom. The largest absolute Gasteiger partial charge is 0.307 e. The van der Waals surface area contributed by atoms with Crippen LogP contribution in [0.4, 0.5) is 23.2 Å². The van der Waals surface area contributed by atoms with E-state index < -0.39 is 55.7 Å². The highest BCUT2D eigenvalue weighted by molar-refractivity contribution is 7.89. The molecule has 2 fully saturated rings. The summed E-state index contributed by atoms with van der Waals surface area (Å²) in [5.41, 5.74) is 0.524. The van der Waals surface area contributed by atoms with Crippen LogP contribution in [0.5, 0.6) is 0 Å². The van der Waals surface area contributed by atoms with Crippen LogP contribution in [-0.2, 0) is 28.4 Å². The molecule has 1 amide bonds. The first-order valence-electron chi connectivity index (χ1n) is 15.0. The van der Waals surface area contributed by atoms with Crippen LogP contribution in [0.25, 0.3) is 10.8 Å². The molecular formula is C32H31F4N5O4S. The lowest BCUT2D eigenvalue weighted by Gasteiger charge is -2.41. The Balaban J connectivity index is 1.36. The molecule has 9 nitrogen and oxygen atoms in total. The summed E-state index contributed by atoms with van der Waals surface area (Å²) in [6.45, 7) is 0.422. The first-order valence-corrected chi connectivity index (χ1v) is 16.4.